The molecule has 0 spiro atoms. The van der Waals surface area contributed by atoms with E-state index in [1.165, 1.54) is 0 Å². The number of ether oxygens (including phenoxy) is 1. The second-order valence-corrected chi connectivity index (χ2v) is 7.10. The highest BCUT2D eigenvalue weighted by Crippen LogP contribution is 2.39. The van der Waals surface area contributed by atoms with Crippen LogP contribution in [-0.2, 0) is 14.1 Å². The molecule has 1 aromatic carbocycles. The average molecular weight is 330 g/mol. The van der Waals surface area contributed by atoms with Crippen molar-refractivity contribution in [1.82, 2.24) is 0 Å². The highest BCUT2D eigenvalue weighted by atomic mass is 16.7. The molecular formula is C17H23BN2O4. The van der Waals surface area contributed by atoms with Gasteiger partial charge in [-0.25, -0.2) is 0 Å². The number of amides is 1. The van der Waals surface area contributed by atoms with Gasteiger partial charge < -0.3 is 25.1 Å². The summed E-state index contributed by atoms with van der Waals surface area (Å²) in [6.45, 7) is 8.39. The van der Waals surface area contributed by atoms with Crippen LogP contribution < -0.4 is 15.8 Å². The lowest BCUT2D eigenvalue weighted by Crippen LogP contribution is -2.41. The Balaban J connectivity index is 1.87. The van der Waals surface area contributed by atoms with E-state index in [0.717, 1.165) is 11.0 Å². The molecule has 3 rings (SSSR count). The molecule has 3 N–H and O–H groups in total. The van der Waals surface area contributed by atoms with E-state index in [0.29, 0.717) is 18.0 Å². The zero-order valence-electron chi connectivity index (χ0n) is 14.5. The molecule has 7 heteroatoms. The molecule has 1 aromatic rings. The first kappa shape index (κ1) is 17.0. The Morgan fingerprint density at radius 1 is 1.29 bits per heavy atom. The van der Waals surface area contributed by atoms with Gasteiger partial charge in [-0.15, -0.1) is 0 Å². The van der Waals surface area contributed by atoms with Crippen LogP contribution in [0.25, 0.3) is 6.08 Å². The van der Waals surface area contributed by atoms with Crippen LogP contribution in [0.1, 0.15) is 33.3 Å². The lowest BCUT2D eigenvalue weighted by atomic mass is 9.77. The molecule has 24 heavy (non-hydrogen) atoms. The van der Waals surface area contributed by atoms with Crippen molar-refractivity contribution in [2.75, 3.05) is 18.5 Å². The minimum atomic E-state index is -0.484. The van der Waals surface area contributed by atoms with Crippen molar-refractivity contribution >= 4 is 24.8 Å². The van der Waals surface area contributed by atoms with E-state index in [-0.39, 0.29) is 12.5 Å². The topological polar surface area (TPSA) is 82.8 Å². The molecule has 2 aliphatic rings. The van der Waals surface area contributed by atoms with Crippen molar-refractivity contribution in [3.63, 3.8) is 0 Å². The lowest BCUT2D eigenvalue weighted by molar-refractivity contribution is -0.118. The number of rotatable bonds is 3. The third-order valence-corrected chi connectivity index (χ3v) is 4.78. The Kier molecular flexibility index (Phi) is 4.19. The van der Waals surface area contributed by atoms with Gasteiger partial charge in [0.05, 0.1) is 16.9 Å². The molecule has 0 saturated carbocycles. The zero-order valence-corrected chi connectivity index (χ0v) is 14.5. The average Bonchev–Trinajstić information content (AvgIpc) is 2.72. The van der Waals surface area contributed by atoms with E-state index in [9.17, 15) is 4.79 Å². The second-order valence-electron chi connectivity index (χ2n) is 7.10. The summed E-state index contributed by atoms with van der Waals surface area (Å²) in [4.78, 5) is 11.5. The number of hydrogen-bond acceptors (Lipinski definition) is 5. The maximum absolute atomic E-state index is 11.5. The SMILES string of the molecule is CC1(C)OB(C(=Cc2ccc3c(c2)NC(=O)CO3)CN)OC1(C)C. The number of carbonyl (C=O) groups excluding carboxylic acids is 1. The first-order chi connectivity index (χ1) is 11.2. The van der Waals surface area contributed by atoms with Crippen molar-refractivity contribution in [3.8, 4) is 5.75 Å². The highest BCUT2D eigenvalue weighted by Gasteiger charge is 2.52. The van der Waals surface area contributed by atoms with Crippen molar-refractivity contribution in [1.29, 1.82) is 0 Å². The van der Waals surface area contributed by atoms with Gasteiger partial charge in [0, 0.05) is 6.54 Å². The Hall–Kier alpha value is -1.83. The van der Waals surface area contributed by atoms with Gasteiger partial charge in [0.15, 0.2) is 6.61 Å². The molecule has 1 saturated heterocycles. The summed E-state index contributed by atoms with van der Waals surface area (Å²) < 4.78 is 17.5. The number of hydrogen-bond donors (Lipinski definition) is 2. The van der Waals surface area contributed by atoms with Gasteiger partial charge in [0.1, 0.15) is 5.75 Å². The Bertz CT molecular complexity index is 684. The second kappa shape index (κ2) is 5.91. The molecule has 0 radical (unpaired) electrons. The largest absolute Gasteiger partial charge is 0.491 e. The first-order valence-corrected chi connectivity index (χ1v) is 8.05. The molecule has 6 nitrogen and oxygen atoms in total. The number of nitrogens with one attached hydrogen (secondary N) is 1. The summed E-state index contributed by atoms with van der Waals surface area (Å²) in [7, 11) is -0.484. The Morgan fingerprint density at radius 2 is 1.96 bits per heavy atom. The zero-order chi connectivity index (χ0) is 17.5. The third-order valence-electron chi connectivity index (χ3n) is 4.78. The minimum absolute atomic E-state index is 0.0458. The van der Waals surface area contributed by atoms with Crippen LogP contribution in [-0.4, -0.2) is 37.4 Å². The van der Waals surface area contributed by atoms with Gasteiger partial charge in [0.25, 0.3) is 5.91 Å². The quantitative estimate of drug-likeness (QED) is 0.828. The Morgan fingerprint density at radius 3 is 2.58 bits per heavy atom. The van der Waals surface area contributed by atoms with Crippen LogP contribution in [0.4, 0.5) is 5.69 Å². The predicted octanol–water partition coefficient (Wildman–Crippen LogP) is 1.99. The van der Waals surface area contributed by atoms with E-state index in [1.807, 2.05) is 52.0 Å². The van der Waals surface area contributed by atoms with Crippen molar-refractivity contribution in [3.05, 3.63) is 29.2 Å². The summed E-state index contributed by atoms with van der Waals surface area (Å²) in [6.07, 6.45) is 1.93. The van der Waals surface area contributed by atoms with Gasteiger partial charge in [-0.1, -0.05) is 12.1 Å². The molecule has 128 valence electrons. The van der Waals surface area contributed by atoms with E-state index in [2.05, 4.69) is 5.32 Å². The monoisotopic (exact) mass is 330 g/mol. The van der Waals surface area contributed by atoms with Crippen molar-refractivity contribution < 1.29 is 18.8 Å². The number of anilines is 1. The van der Waals surface area contributed by atoms with E-state index in [4.69, 9.17) is 19.8 Å². The minimum Gasteiger partial charge on any atom is -0.482 e. The molecule has 2 heterocycles. The van der Waals surface area contributed by atoms with Gasteiger partial charge in [-0.3, -0.25) is 4.79 Å². The summed E-state index contributed by atoms with van der Waals surface area (Å²) in [5, 5.41) is 2.80. The van der Waals surface area contributed by atoms with Crippen LogP contribution in [0.2, 0.25) is 0 Å². The number of nitrogens with two attached hydrogens (primary N) is 1. The summed E-state index contributed by atoms with van der Waals surface area (Å²) in [5.41, 5.74) is 7.49. The third kappa shape index (κ3) is 3.07. The summed E-state index contributed by atoms with van der Waals surface area (Å²) in [5.74, 6) is 0.505. The van der Waals surface area contributed by atoms with Crippen molar-refractivity contribution in [2.45, 2.75) is 38.9 Å². The number of carbonyl (C=O) groups is 1. The molecule has 0 unspecified atom stereocenters. The molecular weight excluding hydrogens is 307 g/mol. The van der Waals surface area contributed by atoms with E-state index in [1.54, 1.807) is 0 Å². The normalized spacial score (nSPS) is 22.0. The number of fused-ring (bicyclic) bond motifs is 1. The number of benzene rings is 1. The molecule has 2 aliphatic heterocycles. The van der Waals surface area contributed by atoms with Gasteiger partial charge >= 0.3 is 7.12 Å². The van der Waals surface area contributed by atoms with E-state index < -0.39 is 18.3 Å². The van der Waals surface area contributed by atoms with Crippen LogP contribution in [0, 0.1) is 0 Å². The highest BCUT2D eigenvalue weighted by molar-refractivity contribution is 6.55. The Labute approximate surface area is 142 Å². The van der Waals surface area contributed by atoms with Gasteiger partial charge in [0.2, 0.25) is 0 Å². The smallest absolute Gasteiger partial charge is 0.482 e. The fraction of sp³-hybridized carbons (Fsp3) is 0.471. The fourth-order valence-corrected chi connectivity index (χ4v) is 2.62. The molecule has 0 atom stereocenters. The summed E-state index contributed by atoms with van der Waals surface area (Å²) >= 11 is 0. The van der Waals surface area contributed by atoms with Gasteiger partial charge in [-0.2, -0.15) is 0 Å². The van der Waals surface area contributed by atoms with Crippen LogP contribution in [0.3, 0.4) is 0 Å². The van der Waals surface area contributed by atoms with Crippen LogP contribution in [0.15, 0.2) is 23.7 Å². The fourth-order valence-electron chi connectivity index (χ4n) is 2.62. The van der Waals surface area contributed by atoms with Gasteiger partial charge in [-0.05, 0) is 50.9 Å². The molecule has 1 amide bonds. The maximum Gasteiger partial charge on any atom is 0.491 e. The standard InChI is InChI=1S/C17H23BN2O4/c1-16(2)17(3,4)24-18(23-16)12(9-19)7-11-5-6-14-13(8-11)20-15(21)10-22-14/h5-8H,9-10,19H2,1-4H3,(H,20,21). The van der Waals surface area contributed by atoms with Crippen LogP contribution in [0.5, 0.6) is 5.75 Å². The lowest BCUT2D eigenvalue weighted by Gasteiger charge is -2.32. The molecule has 0 bridgehead atoms. The van der Waals surface area contributed by atoms with Crippen LogP contribution >= 0.6 is 0 Å². The molecule has 0 aromatic heterocycles. The summed E-state index contributed by atoms with van der Waals surface area (Å²) in [6, 6.07) is 5.60. The maximum atomic E-state index is 11.5. The first-order valence-electron chi connectivity index (χ1n) is 8.05. The molecule has 1 fully saturated rings. The predicted molar refractivity (Wildman–Crippen MR) is 93.7 cm³/mol. The van der Waals surface area contributed by atoms with Crippen molar-refractivity contribution in [2.24, 2.45) is 5.73 Å². The van der Waals surface area contributed by atoms with E-state index >= 15 is 0 Å². The molecule has 0 aliphatic carbocycles.